The third-order valence-electron chi connectivity index (χ3n) is 1.92. The van der Waals surface area contributed by atoms with E-state index in [-0.39, 0.29) is 11.6 Å². The Morgan fingerprint density at radius 3 is 2.85 bits per heavy atom. The average molecular weight is 244 g/mol. The van der Waals surface area contributed by atoms with E-state index in [1.807, 2.05) is 0 Å². The van der Waals surface area contributed by atoms with Crippen LogP contribution in [0.3, 0.4) is 0 Å². The average Bonchev–Trinajstić information content (AvgIpc) is 2.56. The van der Waals surface area contributed by atoms with Crippen molar-refractivity contribution in [1.82, 2.24) is 4.98 Å². The van der Waals surface area contributed by atoms with Crippen LogP contribution in [-0.4, -0.2) is 10.1 Å². The molecule has 2 nitrogen and oxygen atoms in total. The number of halogens is 2. The van der Waals surface area contributed by atoms with Gasteiger partial charge in [0.15, 0.2) is 0 Å². The summed E-state index contributed by atoms with van der Waals surface area (Å²) in [6.07, 6.45) is 0. The molecule has 13 heavy (non-hydrogen) atoms. The largest absolute Gasteiger partial charge is 0.507 e. The maximum atomic E-state index is 13.2. The first-order valence-corrected chi connectivity index (χ1v) is 4.89. The third kappa shape index (κ3) is 1.31. The van der Waals surface area contributed by atoms with Crippen molar-refractivity contribution in [3.63, 3.8) is 0 Å². The number of aromatic amines is 1. The number of fused-ring (bicyclic) bond motifs is 1. The fraction of sp³-hybridized carbons (Fsp3) is 0.111. The Kier molecular flexibility index (Phi) is 2.00. The molecule has 4 heteroatoms. The molecule has 68 valence electrons. The molecule has 0 aliphatic carbocycles. The fourth-order valence-electron chi connectivity index (χ4n) is 1.30. The van der Waals surface area contributed by atoms with Crippen LogP contribution in [0.15, 0.2) is 18.2 Å². The van der Waals surface area contributed by atoms with Crippen molar-refractivity contribution in [3.8, 4) is 5.75 Å². The Morgan fingerprint density at radius 2 is 2.23 bits per heavy atom. The van der Waals surface area contributed by atoms with Crippen LogP contribution in [0.5, 0.6) is 5.75 Å². The third-order valence-corrected chi connectivity index (χ3v) is 2.52. The van der Waals surface area contributed by atoms with Crippen LogP contribution in [0.25, 0.3) is 10.9 Å². The van der Waals surface area contributed by atoms with E-state index in [2.05, 4.69) is 20.9 Å². The van der Waals surface area contributed by atoms with E-state index in [1.165, 1.54) is 12.1 Å². The predicted molar refractivity (Wildman–Crippen MR) is 52.6 cm³/mol. The Bertz CT molecular complexity index is 413. The summed E-state index contributed by atoms with van der Waals surface area (Å²) in [6, 6.07) is 4.32. The van der Waals surface area contributed by atoms with Crippen LogP contribution in [0.2, 0.25) is 0 Å². The van der Waals surface area contributed by atoms with Gasteiger partial charge in [-0.05, 0) is 18.2 Å². The van der Waals surface area contributed by atoms with Gasteiger partial charge in [0.1, 0.15) is 11.6 Å². The van der Waals surface area contributed by atoms with Crippen LogP contribution in [0, 0.1) is 5.82 Å². The minimum absolute atomic E-state index is 0.0971. The lowest BCUT2D eigenvalue weighted by Gasteiger charge is -1.94. The zero-order valence-corrected chi connectivity index (χ0v) is 8.23. The van der Waals surface area contributed by atoms with Crippen molar-refractivity contribution in [1.29, 1.82) is 0 Å². The maximum absolute atomic E-state index is 13.2. The number of phenols is 1. The standard InChI is InChI=1S/C9H7BrFNO/c10-4-5-3-6-8(13)2-1-7(11)9(6)12-5/h1-3,12-13H,4H2. The minimum atomic E-state index is -0.347. The molecule has 0 aliphatic heterocycles. The van der Waals surface area contributed by atoms with Crippen LogP contribution in [0.4, 0.5) is 4.39 Å². The molecular weight excluding hydrogens is 237 g/mol. The molecule has 0 atom stereocenters. The molecule has 2 rings (SSSR count). The van der Waals surface area contributed by atoms with Crippen LogP contribution in [0.1, 0.15) is 5.69 Å². The lowest BCUT2D eigenvalue weighted by molar-refractivity contribution is 0.480. The van der Waals surface area contributed by atoms with E-state index in [1.54, 1.807) is 6.07 Å². The van der Waals surface area contributed by atoms with Gasteiger partial charge in [0.05, 0.1) is 5.52 Å². The van der Waals surface area contributed by atoms with Crippen LogP contribution < -0.4 is 0 Å². The topological polar surface area (TPSA) is 36.0 Å². The van der Waals surface area contributed by atoms with Crippen LogP contribution in [-0.2, 0) is 5.33 Å². The summed E-state index contributed by atoms with van der Waals surface area (Å²) in [7, 11) is 0. The molecule has 0 amide bonds. The number of phenolic OH excluding ortho intramolecular Hbond substituents is 1. The van der Waals surface area contributed by atoms with Gasteiger partial charge in [-0.2, -0.15) is 0 Å². The minimum Gasteiger partial charge on any atom is -0.507 e. The van der Waals surface area contributed by atoms with Gasteiger partial charge in [0.2, 0.25) is 0 Å². The molecule has 2 aromatic rings. The normalized spacial score (nSPS) is 10.9. The number of H-pyrrole nitrogens is 1. The number of hydrogen-bond acceptors (Lipinski definition) is 1. The zero-order valence-electron chi connectivity index (χ0n) is 6.64. The van der Waals surface area contributed by atoms with Gasteiger partial charge in [-0.1, -0.05) is 15.9 Å². The molecule has 0 saturated carbocycles. The van der Waals surface area contributed by atoms with Crippen molar-refractivity contribution in [2.24, 2.45) is 0 Å². The lowest BCUT2D eigenvalue weighted by atomic mass is 10.2. The second-order valence-electron chi connectivity index (χ2n) is 2.78. The SMILES string of the molecule is Oc1ccc(F)c2[nH]c(CBr)cc12. The molecule has 0 unspecified atom stereocenters. The van der Waals surface area contributed by atoms with E-state index in [9.17, 15) is 9.50 Å². The van der Waals surface area contributed by atoms with Gasteiger partial charge in [0, 0.05) is 16.4 Å². The summed E-state index contributed by atoms with van der Waals surface area (Å²) in [6.45, 7) is 0. The molecule has 1 aromatic heterocycles. The highest BCUT2D eigenvalue weighted by Gasteiger charge is 2.08. The smallest absolute Gasteiger partial charge is 0.147 e. The molecule has 0 saturated heterocycles. The van der Waals surface area contributed by atoms with Crippen molar-refractivity contribution < 1.29 is 9.50 Å². The first-order chi connectivity index (χ1) is 6.22. The number of rotatable bonds is 1. The molecule has 1 aromatic carbocycles. The van der Waals surface area contributed by atoms with Crippen LogP contribution >= 0.6 is 15.9 Å². The lowest BCUT2D eigenvalue weighted by Crippen LogP contribution is -1.78. The summed E-state index contributed by atoms with van der Waals surface area (Å²) in [5, 5.41) is 10.5. The van der Waals surface area contributed by atoms with E-state index in [0.29, 0.717) is 16.2 Å². The number of aromatic hydroxyl groups is 1. The summed E-state index contributed by atoms with van der Waals surface area (Å²) in [4.78, 5) is 2.87. The fourth-order valence-corrected chi connectivity index (χ4v) is 1.60. The molecule has 0 radical (unpaired) electrons. The van der Waals surface area contributed by atoms with Gasteiger partial charge in [-0.25, -0.2) is 4.39 Å². The van der Waals surface area contributed by atoms with Gasteiger partial charge in [-0.15, -0.1) is 0 Å². The quantitative estimate of drug-likeness (QED) is 0.743. The Hall–Kier alpha value is -1.03. The highest BCUT2D eigenvalue weighted by molar-refractivity contribution is 9.08. The summed E-state index contributed by atoms with van der Waals surface area (Å²) < 4.78 is 13.2. The van der Waals surface area contributed by atoms with Crippen molar-refractivity contribution >= 4 is 26.8 Å². The molecule has 0 fully saturated rings. The Labute approximate surface area is 82.5 Å². The van der Waals surface area contributed by atoms with Gasteiger partial charge >= 0.3 is 0 Å². The highest BCUT2D eigenvalue weighted by Crippen LogP contribution is 2.27. The Morgan fingerprint density at radius 1 is 1.46 bits per heavy atom. The Balaban J connectivity index is 2.80. The summed E-state index contributed by atoms with van der Waals surface area (Å²) in [5.74, 6) is -0.250. The van der Waals surface area contributed by atoms with Gasteiger partial charge in [0.25, 0.3) is 0 Å². The molecule has 0 spiro atoms. The summed E-state index contributed by atoms with van der Waals surface area (Å²) >= 11 is 3.25. The van der Waals surface area contributed by atoms with Gasteiger partial charge < -0.3 is 10.1 Å². The number of alkyl halides is 1. The number of aromatic nitrogens is 1. The monoisotopic (exact) mass is 243 g/mol. The molecular formula is C9H7BrFNO. The maximum Gasteiger partial charge on any atom is 0.147 e. The molecule has 1 heterocycles. The number of hydrogen-bond donors (Lipinski definition) is 2. The summed E-state index contributed by atoms with van der Waals surface area (Å²) in [5.41, 5.74) is 1.20. The van der Waals surface area contributed by atoms with E-state index in [0.717, 1.165) is 5.69 Å². The zero-order chi connectivity index (χ0) is 9.42. The second kappa shape index (κ2) is 3.03. The molecule has 0 bridgehead atoms. The number of benzene rings is 1. The van der Waals surface area contributed by atoms with Crippen molar-refractivity contribution in [3.05, 3.63) is 29.7 Å². The molecule has 2 N–H and O–H groups in total. The van der Waals surface area contributed by atoms with E-state index in [4.69, 9.17) is 0 Å². The molecule has 0 aliphatic rings. The van der Waals surface area contributed by atoms with E-state index < -0.39 is 0 Å². The van der Waals surface area contributed by atoms with Crippen molar-refractivity contribution in [2.45, 2.75) is 5.33 Å². The first-order valence-electron chi connectivity index (χ1n) is 3.77. The first kappa shape index (κ1) is 8.56. The van der Waals surface area contributed by atoms with Gasteiger partial charge in [-0.3, -0.25) is 0 Å². The predicted octanol–water partition coefficient (Wildman–Crippen LogP) is 2.91. The second-order valence-corrected chi connectivity index (χ2v) is 3.34. The highest BCUT2D eigenvalue weighted by atomic mass is 79.9. The van der Waals surface area contributed by atoms with E-state index >= 15 is 0 Å². The number of nitrogens with one attached hydrogen (secondary N) is 1. The van der Waals surface area contributed by atoms with Crippen molar-refractivity contribution in [2.75, 3.05) is 0 Å².